The van der Waals surface area contributed by atoms with Gasteiger partial charge in [0.05, 0.1) is 0 Å². The summed E-state index contributed by atoms with van der Waals surface area (Å²) in [6.07, 6.45) is 0. The van der Waals surface area contributed by atoms with Gasteiger partial charge in [-0.1, -0.05) is 48.5 Å². The molecule has 1 heterocycles. The zero-order valence-corrected chi connectivity index (χ0v) is 13.8. The van der Waals surface area contributed by atoms with Crippen LogP contribution < -0.4 is 10.2 Å². The van der Waals surface area contributed by atoms with Gasteiger partial charge in [0.1, 0.15) is 5.75 Å². The third-order valence-electron chi connectivity index (χ3n) is 4.70. The number of nitrogens with one attached hydrogen (secondary N) is 1. The second kappa shape index (κ2) is 5.67. The largest absolute Gasteiger partial charge is 0.508 e. The number of hydrogen-bond donors (Lipinski definition) is 2. The standard InChI is InChI=1S/C21H18N2O2/c1-23-19-10-6-5-9-18(19)21(20(23)25,15-7-3-2-4-8-15)22-16-11-13-17(24)14-12-16/h2-14,22,24H,1H3/t21-/m0/s1. The van der Waals surface area contributed by atoms with Crippen LogP contribution in [-0.4, -0.2) is 18.1 Å². The number of carbonyl (C=O) groups is 1. The molecule has 1 amide bonds. The maximum absolute atomic E-state index is 13.4. The molecule has 0 saturated carbocycles. The van der Waals surface area contributed by atoms with Crippen LogP contribution in [0.4, 0.5) is 11.4 Å². The van der Waals surface area contributed by atoms with Crippen LogP contribution in [-0.2, 0) is 10.3 Å². The molecule has 0 radical (unpaired) electrons. The van der Waals surface area contributed by atoms with E-state index in [9.17, 15) is 9.90 Å². The van der Waals surface area contributed by atoms with Crippen molar-refractivity contribution in [1.82, 2.24) is 0 Å². The molecule has 4 rings (SSSR count). The van der Waals surface area contributed by atoms with Crippen molar-refractivity contribution in [2.75, 3.05) is 17.3 Å². The number of amides is 1. The first-order valence-corrected chi connectivity index (χ1v) is 8.13. The lowest BCUT2D eigenvalue weighted by atomic mass is 9.83. The van der Waals surface area contributed by atoms with Gasteiger partial charge in [0, 0.05) is 24.0 Å². The van der Waals surface area contributed by atoms with Gasteiger partial charge in [-0.25, -0.2) is 0 Å². The first-order chi connectivity index (χ1) is 12.1. The first-order valence-electron chi connectivity index (χ1n) is 8.13. The fourth-order valence-electron chi connectivity index (χ4n) is 3.48. The van der Waals surface area contributed by atoms with Crippen LogP contribution in [0.1, 0.15) is 11.1 Å². The van der Waals surface area contributed by atoms with Gasteiger partial charge < -0.3 is 15.3 Å². The molecule has 0 spiro atoms. The Morgan fingerprint density at radius 1 is 0.880 bits per heavy atom. The lowest BCUT2D eigenvalue weighted by molar-refractivity contribution is -0.120. The van der Waals surface area contributed by atoms with E-state index in [0.717, 1.165) is 22.5 Å². The number of hydrogen-bond acceptors (Lipinski definition) is 3. The van der Waals surface area contributed by atoms with E-state index in [4.69, 9.17) is 0 Å². The van der Waals surface area contributed by atoms with Gasteiger partial charge in [0.2, 0.25) is 0 Å². The molecule has 3 aromatic carbocycles. The number of fused-ring (bicyclic) bond motifs is 1. The molecule has 0 aliphatic carbocycles. The van der Waals surface area contributed by atoms with Gasteiger partial charge in [-0.2, -0.15) is 0 Å². The van der Waals surface area contributed by atoms with Gasteiger partial charge in [0.25, 0.3) is 5.91 Å². The number of anilines is 2. The fourth-order valence-corrected chi connectivity index (χ4v) is 3.48. The molecule has 0 unspecified atom stereocenters. The number of phenols is 1. The van der Waals surface area contributed by atoms with Gasteiger partial charge in [-0.05, 0) is 35.9 Å². The highest BCUT2D eigenvalue weighted by Gasteiger charge is 2.51. The van der Waals surface area contributed by atoms with Crippen molar-refractivity contribution in [3.05, 3.63) is 90.0 Å². The van der Waals surface area contributed by atoms with Crippen molar-refractivity contribution in [1.29, 1.82) is 0 Å². The highest BCUT2D eigenvalue weighted by molar-refractivity contribution is 6.11. The number of benzene rings is 3. The summed E-state index contributed by atoms with van der Waals surface area (Å²) in [7, 11) is 1.80. The maximum Gasteiger partial charge on any atom is 0.261 e. The minimum Gasteiger partial charge on any atom is -0.508 e. The number of likely N-dealkylation sites (N-methyl/N-ethyl adjacent to an activating group) is 1. The second-order valence-corrected chi connectivity index (χ2v) is 6.17. The van der Waals surface area contributed by atoms with Crippen LogP contribution in [0.25, 0.3) is 0 Å². The Bertz CT molecular complexity index is 922. The van der Waals surface area contributed by atoms with Crippen molar-refractivity contribution in [3.63, 3.8) is 0 Å². The van der Waals surface area contributed by atoms with E-state index in [1.807, 2.05) is 54.6 Å². The number of nitrogens with zero attached hydrogens (tertiary/aromatic N) is 1. The monoisotopic (exact) mass is 330 g/mol. The van der Waals surface area contributed by atoms with Gasteiger partial charge >= 0.3 is 0 Å². The molecule has 0 aromatic heterocycles. The average Bonchev–Trinajstić information content (AvgIpc) is 2.87. The Balaban J connectivity index is 1.94. The predicted molar refractivity (Wildman–Crippen MR) is 98.8 cm³/mol. The molecule has 25 heavy (non-hydrogen) atoms. The van der Waals surface area contributed by atoms with Crippen molar-refractivity contribution in [2.24, 2.45) is 0 Å². The lowest BCUT2D eigenvalue weighted by Crippen LogP contribution is -2.46. The molecular weight excluding hydrogens is 312 g/mol. The highest BCUT2D eigenvalue weighted by Crippen LogP contribution is 2.45. The van der Waals surface area contributed by atoms with Crippen molar-refractivity contribution in [2.45, 2.75) is 5.54 Å². The van der Waals surface area contributed by atoms with E-state index in [1.165, 1.54) is 0 Å². The van der Waals surface area contributed by atoms with Crippen LogP contribution >= 0.6 is 0 Å². The third-order valence-corrected chi connectivity index (χ3v) is 4.70. The number of para-hydroxylation sites is 1. The van der Waals surface area contributed by atoms with E-state index >= 15 is 0 Å². The number of carbonyl (C=O) groups excluding carboxylic acids is 1. The Morgan fingerprint density at radius 3 is 2.24 bits per heavy atom. The number of phenolic OH excluding ortho intramolecular Hbond substituents is 1. The topological polar surface area (TPSA) is 52.6 Å². The van der Waals surface area contributed by atoms with E-state index < -0.39 is 5.54 Å². The van der Waals surface area contributed by atoms with Crippen LogP contribution in [0.15, 0.2) is 78.9 Å². The maximum atomic E-state index is 13.4. The summed E-state index contributed by atoms with van der Waals surface area (Å²) >= 11 is 0. The highest BCUT2D eigenvalue weighted by atomic mass is 16.3. The summed E-state index contributed by atoms with van der Waals surface area (Å²) in [6.45, 7) is 0. The van der Waals surface area contributed by atoms with Crippen LogP contribution in [0.2, 0.25) is 0 Å². The first kappa shape index (κ1) is 15.3. The molecule has 2 N–H and O–H groups in total. The summed E-state index contributed by atoms with van der Waals surface area (Å²) in [6, 6.07) is 24.3. The lowest BCUT2D eigenvalue weighted by Gasteiger charge is -2.31. The van der Waals surface area contributed by atoms with Crippen LogP contribution in [0.5, 0.6) is 5.75 Å². The molecule has 1 atom stereocenters. The van der Waals surface area contributed by atoms with E-state index in [-0.39, 0.29) is 11.7 Å². The molecule has 124 valence electrons. The summed E-state index contributed by atoms with van der Waals surface area (Å²) in [5, 5.41) is 13.0. The van der Waals surface area contributed by atoms with E-state index in [0.29, 0.717) is 0 Å². The van der Waals surface area contributed by atoms with Crippen molar-refractivity contribution < 1.29 is 9.90 Å². The summed E-state index contributed by atoms with van der Waals surface area (Å²) in [5.74, 6) is 0.155. The minimum absolute atomic E-state index is 0.0343. The fraction of sp³-hybridized carbons (Fsp3) is 0.0952. The predicted octanol–water partition coefficient (Wildman–Crippen LogP) is 3.72. The Labute approximate surface area is 146 Å². The normalized spacial score (nSPS) is 18.9. The number of rotatable bonds is 3. The van der Waals surface area contributed by atoms with Gasteiger partial charge in [-0.3, -0.25) is 4.79 Å². The second-order valence-electron chi connectivity index (χ2n) is 6.17. The van der Waals surface area contributed by atoms with Crippen molar-refractivity contribution >= 4 is 17.3 Å². The molecule has 1 aliphatic rings. The Morgan fingerprint density at radius 2 is 1.52 bits per heavy atom. The molecule has 0 saturated heterocycles. The molecule has 1 aliphatic heterocycles. The molecule has 3 aromatic rings. The Hall–Kier alpha value is -3.27. The Kier molecular flexibility index (Phi) is 3.46. The molecule has 4 heteroatoms. The van der Waals surface area contributed by atoms with Gasteiger partial charge in [-0.15, -0.1) is 0 Å². The molecule has 4 nitrogen and oxygen atoms in total. The summed E-state index contributed by atoms with van der Waals surface area (Å²) < 4.78 is 0. The summed E-state index contributed by atoms with van der Waals surface area (Å²) in [4.78, 5) is 15.1. The minimum atomic E-state index is -0.996. The molecule has 0 fully saturated rings. The zero-order valence-electron chi connectivity index (χ0n) is 13.8. The SMILES string of the molecule is CN1C(=O)[C@](Nc2ccc(O)cc2)(c2ccccc2)c2ccccc21. The van der Waals surface area contributed by atoms with Crippen LogP contribution in [0, 0.1) is 0 Å². The third kappa shape index (κ3) is 2.26. The van der Waals surface area contributed by atoms with Crippen molar-refractivity contribution in [3.8, 4) is 5.75 Å². The summed E-state index contributed by atoms with van der Waals surface area (Å²) in [5.41, 5.74) is 2.46. The molecular formula is C21H18N2O2. The quantitative estimate of drug-likeness (QED) is 0.720. The zero-order chi connectivity index (χ0) is 17.4. The van der Waals surface area contributed by atoms with E-state index in [1.54, 1.807) is 36.2 Å². The smallest absolute Gasteiger partial charge is 0.261 e. The van der Waals surface area contributed by atoms with E-state index in [2.05, 4.69) is 5.32 Å². The number of aromatic hydroxyl groups is 1. The van der Waals surface area contributed by atoms with Crippen LogP contribution in [0.3, 0.4) is 0 Å². The van der Waals surface area contributed by atoms with Gasteiger partial charge in [0.15, 0.2) is 5.54 Å². The average molecular weight is 330 g/mol. The molecule has 0 bridgehead atoms.